The molecular weight excluding hydrogens is 342 g/mol. The van der Waals surface area contributed by atoms with Gasteiger partial charge in [0.15, 0.2) is 0 Å². The van der Waals surface area contributed by atoms with Crippen molar-refractivity contribution in [2.45, 2.75) is 31.7 Å². The van der Waals surface area contributed by atoms with Gasteiger partial charge in [-0.2, -0.15) is 0 Å². The standard InChI is InChI=1S/C21H25N3O3/c25-20(23-18-8-11-27-14-18)16-6-4-15(5-7-16)17-12-19(22-13-17)21(26)24-9-2-1-3-10-24/h4-7,12-13,18,22H,1-3,8-11,14H2,(H,23,25)/t18-/m0/s1. The van der Waals surface area contributed by atoms with Crippen molar-refractivity contribution in [3.8, 4) is 11.1 Å². The molecule has 4 rings (SSSR count). The lowest BCUT2D eigenvalue weighted by Crippen LogP contribution is -2.35. The summed E-state index contributed by atoms with van der Waals surface area (Å²) in [5.41, 5.74) is 3.18. The van der Waals surface area contributed by atoms with E-state index < -0.39 is 0 Å². The highest BCUT2D eigenvalue weighted by Crippen LogP contribution is 2.22. The summed E-state index contributed by atoms with van der Waals surface area (Å²) < 4.78 is 5.29. The van der Waals surface area contributed by atoms with Crippen LogP contribution in [0.5, 0.6) is 0 Å². The fourth-order valence-electron chi connectivity index (χ4n) is 3.68. The van der Waals surface area contributed by atoms with Gasteiger partial charge in [0.1, 0.15) is 5.69 Å². The number of nitrogens with zero attached hydrogens (tertiary/aromatic N) is 1. The molecule has 0 unspecified atom stereocenters. The fraction of sp³-hybridized carbons (Fsp3) is 0.429. The van der Waals surface area contributed by atoms with Gasteiger partial charge in [0.2, 0.25) is 0 Å². The number of aromatic nitrogens is 1. The third kappa shape index (κ3) is 4.06. The molecule has 0 spiro atoms. The van der Waals surface area contributed by atoms with Crippen molar-refractivity contribution in [2.24, 2.45) is 0 Å². The minimum Gasteiger partial charge on any atom is -0.379 e. The maximum Gasteiger partial charge on any atom is 0.270 e. The van der Waals surface area contributed by atoms with Crippen LogP contribution < -0.4 is 5.32 Å². The number of ether oxygens (including phenoxy) is 1. The molecule has 1 aromatic heterocycles. The number of piperidine rings is 1. The van der Waals surface area contributed by atoms with Gasteiger partial charge in [0.05, 0.1) is 12.6 Å². The van der Waals surface area contributed by atoms with E-state index in [0.29, 0.717) is 24.5 Å². The first-order valence-electron chi connectivity index (χ1n) is 9.67. The zero-order valence-electron chi connectivity index (χ0n) is 15.4. The lowest BCUT2D eigenvalue weighted by Gasteiger charge is -2.26. The molecule has 6 heteroatoms. The number of H-pyrrole nitrogens is 1. The highest BCUT2D eigenvalue weighted by atomic mass is 16.5. The van der Waals surface area contributed by atoms with E-state index in [1.54, 1.807) is 0 Å². The Morgan fingerprint density at radius 2 is 1.85 bits per heavy atom. The number of amides is 2. The summed E-state index contributed by atoms with van der Waals surface area (Å²) in [5.74, 6) is -0.0113. The molecule has 0 bridgehead atoms. The summed E-state index contributed by atoms with van der Waals surface area (Å²) in [7, 11) is 0. The summed E-state index contributed by atoms with van der Waals surface area (Å²) in [5, 5.41) is 2.99. The smallest absolute Gasteiger partial charge is 0.270 e. The van der Waals surface area contributed by atoms with Crippen molar-refractivity contribution in [1.82, 2.24) is 15.2 Å². The van der Waals surface area contributed by atoms with Crippen molar-refractivity contribution in [2.75, 3.05) is 26.3 Å². The van der Waals surface area contributed by atoms with Crippen LogP contribution in [-0.4, -0.2) is 54.0 Å². The van der Waals surface area contributed by atoms with Crippen LogP contribution in [0, 0.1) is 0 Å². The number of carbonyl (C=O) groups excluding carboxylic acids is 2. The molecule has 2 saturated heterocycles. The molecular formula is C21H25N3O3. The number of carbonyl (C=O) groups is 2. The van der Waals surface area contributed by atoms with Crippen LogP contribution in [0.2, 0.25) is 0 Å². The fourth-order valence-corrected chi connectivity index (χ4v) is 3.68. The van der Waals surface area contributed by atoms with Gasteiger partial charge < -0.3 is 19.9 Å². The van der Waals surface area contributed by atoms with Crippen LogP contribution in [0.1, 0.15) is 46.5 Å². The molecule has 6 nitrogen and oxygen atoms in total. The van der Waals surface area contributed by atoms with E-state index in [-0.39, 0.29) is 17.9 Å². The molecule has 142 valence electrons. The summed E-state index contributed by atoms with van der Waals surface area (Å²) in [6.07, 6.45) is 6.07. The molecule has 2 amide bonds. The number of rotatable bonds is 4. The van der Waals surface area contributed by atoms with Crippen LogP contribution in [0.4, 0.5) is 0 Å². The van der Waals surface area contributed by atoms with E-state index in [1.807, 2.05) is 41.4 Å². The molecule has 2 fully saturated rings. The number of hydrogen-bond donors (Lipinski definition) is 2. The van der Waals surface area contributed by atoms with Crippen molar-refractivity contribution in [3.63, 3.8) is 0 Å². The number of nitrogens with one attached hydrogen (secondary N) is 2. The second-order valence-electron chi connectivity index (χ2n) is 7.27. The molecule has 0 aliphatic carbocycles. The Balaban J connectivity index is 1.42. The van der Waals surface area contributed by atoms with Gasteiger partial charge in [-0.25, -0.2) is 0 Å². The Bertz CT molecular complexity index is 800. The van der Waals surface area contributed by atoms with Crippen LogP contribution in [-0.2, 0) is 4.74 Å². The minimum atomic E-state index is -0.0768. The average Bonchev–Trinajstić information content (AvgIpc) is 3.40. The zero-order chi connectivity index (χ0) is 18.6. The lowest BCUT2D eigenvalue weighted by molar-refractivity contribution is 0.0719. The Morgan fingerprint density at radius 3 is 2.56 bits per heavy atom. The molecule has 2 aromatic rings. The first-order chi connectivity index (χ1) is 13.2. The number of hydrogen-bond acceptors (Lipinski definition) is 3. The topological polar surface area (TPSA) is 74.4 Å². The SMILES string of the molecule is O=C(N[C@H]1CCOC1)c1ccc(-c2c[nH]c(C(=O)N3CCCCC3)c2)cc1. The van der Waals surface area contributed by atoms with Crippen molar-refractivity contribution >= 4 is 11.8 Å². The first-order valence-corrected chi connectivity index (χ1v) is 9.67. The summed E-state index contributed by atoms with van der Waals surface area (Å²) in [6.45, 7) is 2.96. The van der Waals surface area contributed by atoms with Crippen molar-refractivity contribution < 1.29 is 14.3 Å². The van der Waals surface area contributed by atoms with Gasteiger partial charge in [-0.3, -0.25) is 9.59 Å². The van der Waals surface area contributed by atoms with E-state index in [2.05, 4.69) is 10.3 Å². The maximum absolute atomic E-state index is 12.6. The molecule has 1 aromatic carbocycles. The largest absolute Gasteiger partial charge is 0.379 e. The predicted molar refractivity (Wildman–Crippen MR) is 103 cm³/mol. The molecule has 1 atom stereocenters. The molecule has 2 aliphatic heterocycles. The van der Waals surface area contributed by atoms with E-state index in [9.17, 15) is 9.59 Å². The third-order valence-corrected chi connectivity index (χ3v) is 5.30. The Morgan fingerprint density at radius 1 is 1.07 bits per heavy atom. The highest BCUT2D eigenvalue weighted by Gasteiger charge is 2.20. The van der Waals surface area contributed by atoms with Crippen molar-refractivity contribution in [1.29, 1.82) is 0 Å². The zero-order valence-corrected chi connectivity index (χ0v) is 15.4. The van der Waals surface area contributed by atoms with Gasteiger partial charge in [0, 0.05) is 31.5 Å². The van der Waals surface area contributed by atoms with E-state index in [1.165, 1.54) is 6.42 Å². The minimum absolute atomic E-state index is 0.0655. The maximum atomic E-state index is 12.6. The normalized spacial score (nSPS) is 19.9. The van der Waals surface area contributed by atoms with Crippen molar-refractivity contribution in [3.05, 3.63) is 47.8 Å². The number of likely N-dealkylation sites (tertiary alicyclic amines) is 1. The molecule has 2 aliphatic rings. The molecule has 0 saturated carbocycles. The Kier molecular flexibility index (Phi) is 5.25. The summed E-state index contributed by atoms with van der Waals surface area (Å²) >= 11 is 0. The van der Waals surface area contributed by atoms with Gasteiger partial charge in [-0.1, -0.05) is 12.1 Å². The number of benzene rings is 1. The van der Waals surface area contributed by atoms with Crippen LogP contribution >= 0.6 is 0 Å². The monoisotopic (exact) mass is 367 g/mol. The lowest BCUT2D eigenvalue weighted by atomic mass is 10.1. The summed E-state index contributed by atoms with van der Waals surface area (Å²) in [6, 6.07) is 9.46. The molecule has 27 heavy (non-hydrogen) atoms. The van der Waals surface area contributed by atoms with Crippen LogP contribution in [0.25, 0.3) is 11.1 Å². The van der Waals surface area contributed by atoms with E-state index in [0.717, 1.165) is 43.5 Å². The third-order valence-electron chi connectivity index (χ3n) is 5.30. The Labute approximate surface area is 158 Å². The van der Waals surface area contributed by atoms with Gasteiger partial charge in [-0.05, 0) is 55.0 Å². The van der Waals surface area contributed by atoms with E-state index in [4.69, 9.17) is 4.74 Å². The predicted octanol–water partition coefficient (Wildman–Crippen LogP) is 2.83. The first kappa shape index (κ1) is 17.8. The van der Waals surface area contributed by atoms with Crippen LogP contribution in [0.3, 0.4) is 0 Å². The second-order valence-corrected chi connectivity index (χ2v) is 7.27. The van der Waals surface area contributed by atoms with E-state index >= 15 is 0 Å². The van der Waals surface area contributed by atoms with Gasteiger partial charge in [-0.15, -0.1) is 0 Å². The molecule has 2 N–H and O–H groups in total. The Hall–Kier alpha value is -2.60. The second kappa shape index (κ2) is 7.96. The van der Waals surface area contributed by atoms with Crippen LogP contribution in [0.15, 0.2) is 36.5 Å². The summed E-state index contributed by atoms with van der Waals surface area (Å²) in [4.78, 5) is 29.9. The molecule has 0 radical (unpaired) electrons. The number of aromatic amines is 1. The highest BCUT2D eigenvalue weighted by molar-refractivity contribution is 5.96. The van der Waals surface area contributed by atoms with Gasteiger partial charge >= 0.3 is 0 Å². The quantitative estimate of drug-likeness (QED) is 0.873. The average molecular weight is 367 g/mol. The van der Waals surface area contributed by atoms with Gasteiger partial charge in [0.25, 0.3) is 11.8 Å². The molecule has 3 heterocycles.